The van der Waals surface area contributed by atoms with Crippen LogP contribution in [0.1, 0.15) is 40.5 Å². The Morgan fingerprint density at radius 1 is 1.10 bits per heavy atom. The van der Waals surface area contributed by atoms with Gasteiger partial charge < -0.3 is 9.80 Å². The molecule has 2 rings (SSSR count). The second-order valence-electron chi connectivity index (χ2n) is 7.59. The number of hydrogen-bond donors (Lipinski definition) is 0. The number of carbonyl (C=O) groups is 1. The zero-order chi connectivity index (χ0) is 14.7. The molecule has 0 amide bonds. The van der Waals surface area contributed by atoms with Crippen molar-refractivity contribution in [2.45, 2.75) is 40.5 Å². The molecule has 0 aromatic carbocycles. The third-order valence-electron chi connectivity index (χ3n) is 4.97. The summed E-state index contributed by atoms with van der Waals surface area (Å²) < 4.78 is 0. The molecule has 3 nitrogen and oxygen atoms in total. The zero-order valence-corrected chi connectivity index (χ0v) is 13.8. The average Bonchev–Trinajstić information content (AvgIpc) is 2.35. The van der Waals surface area contributed by atoms with Crippen molar-refractivity contribution in [2.75, 3.05) is 39.3 Å². The fourth-order valence-electron chi connectivity index (χ4n) is 3.93. The van der Waals surface area contributed by atoms with Gasteiger partial charge in [-0.3, -0.25) is 4.79 Å². The maximum Gasteiger partial charge on any atom is 0.137 e. The number of Topliss-reactive ketones (excluding diaryl/α,β-unsaturated/α-hetero) is 1. The van der Waals surface area contributed by atoms with Gasteiger partial charge in [0.2, 0.25) is 0 Å². The highest BCUT2D eigenvalue weighted by atomic mass is 16.1. The van der Waals surface area contributed by atoms with Crippen LogP contribution in [-0.2, 0) is 4.79 Å². The first kappa shape index (κ1) is 16.0. The lowest BCUT2D eigenvalue weighted by Gasteiger charge is -2.39. The summed E-state index contributed by atoms with van der Waals surface area (Å²) in [5, 5.41) is 0. The van der Waals surface area contributed by atoms with E-state index < -0.39 is 0 Å². The first-order chi connectivity index (χ1) is 9.45. The average molecular weight is 280 g/mol. The van der Waals surface area contributed by atoms with E-state index in [2.05, 4.69) is 37.5 Å². The maximum absolute atomic E-state index is 12.3. The lowest BCUT2D eigenvalue weighted by Crippen LogP contribution is -2.50. The molecule has 20 heavy (non-hydrogen) atoms. The Bertz CT molecular complexity index is 321. The minimum atomic E-state index is 0.294. The summed E-state index contributed by atoms with van der Waals surface area (Å²) in [6, 6.07) is 0. The van der Waals surface area contributed by atoms with Crippen molar-refractivity contribution < 1.29 is 4.79 Å². The van der Waals surface area contributed by atoms with Gasteiger partial charge in [0.05, 0.1) is 0 Å². The van der Waals surface area contributed by atoms with Crippen molar-refractivity contribution in [1.82, 2.24) is 9.80 Å². The molecule has 3 atom stereocenters. The molecule has 0 spiro atoms. The van der Waals surface area contributed by atoms with Gasteiger partial charge in [-0.25, -0.2) is 0 Å². The maximum atomic E-state index is 12.3. The van der Waals surface area contributed by atoms with Crippen LogP contribution in [0.5, 0.6) is 0 Å². The second-order valence-corrected chi connectivity index (χ2v) is 7.59. The van der Waals surface area contributed by atoms with E-state index in [-0.39, 0.29) is 0 Å². The van der Waals surface area contributed by atoms with Crippen molar-refractivity contribution in [2.24, 2.45) is 23.7 Å². The second kappa shape index (κ2) is 7.04. The van der Waals surface area contributed by atoms with E-state index in [9.17, 15) is 4.79 Å². The Morgan fingerprint density at radius 2 is 1.70 bits per heavy atom. The predicted molar refractivity (Wildman–Crippen MR) is 83.8 cm³/mol. The normalized spacial score (nSPS) is 33.9. The number of hydrogen-bond acceptors (Lipinski definition) is 3. The Kier molecular flexibility index (Phi) is 5.62. The molecule has 0 N–H and O–H groups in total. The van der Waals surface area contributed by atoms with Crippen molar-refractivity contribution in [3.05, 3.63) is 0 Å². The minimum Gasteiger partial charge on any atom is -0.301 e. The first-order valence-electron chi connectivity index (χ1n) is 8.43. The third kappa shape index (κ3) is 4.29. The van der Waals surface area contributed by atoms with Gasteiger partial charge >= 0.3 is 0 Å². The molecule has 1 heterocycles. The van der Waals surface area contributed by atoms with Gasteiger partial charge in [-0.15, -0.1) is 0 Å². The summed E-state index contributed by atoms with van der Waals surface area (Å²) in [5.41, 5.74) is 0. The molecule has 2 fully saturated rings. The van der Waals surface area contributed by atoms with Crippen LogP contribution in [0.4, 0.5) is 0 Å². The van der Waals surface area contributed by atoms with Gasteiger partial charge in [0.15, 0.2) is 0 Å². The van der Waals surface area contributed by atoms with Gasteiger partial charge in [0, 0.05) is 51.6 Å². The predicted octanol–water partition coefficient (Wildman–Crippen LogP) is 2.51. The molecular formula is C17H32N2O. The van der Waals surface area contributed by atoms with E-state index in [0.29, 0.717) is 23.5 Å². The zero-order valence-electron chi connectivity index (χ0n) is 13.8. The molecule has 0 aromatic heterocycles. The van der Waals surface area contributed by atoms with Crippen LogP contribution in [0, 0.1) is 23.7 Å². The summed E-state index contributed by atoms with van der Waals surface area (Å²) in [6.07, 6.45) is 2.03. The number of carbonyl (C=O) groups excluding carboxylic acids is 1. The Balaban J connectivity index is 1.79. The van der Waals surface area contributed by atoms with Gasteiger partial charge in [0.25, 0.3) is 0 Å². The number of ketones is 1. The Labute approximate surface area is 124 Å². The van der Waals surface area contributed by atoms with Crippen LogP contribution in [0.25, 0.3) is 0 Å². The topological polar surface area (TPSA) is 23.6 Å². The van der Waals surface area contributed by atoms with E-state index in [1.165, 1.54) is 26.1 Å². The third-order valence-corrected chi connectivity index (χ3v) is 4.97. The fraction of sp³-hybridized carbons (Fsp3) is 0.941. The first-order valence-corrected chi connectivity index (χ1v) is 8.43. The molecule has 3 unspecified atom stereocenters. The molecule has 116 valence electrons. The standard InChI is InChI=1S/C17H32N2O/c1-13(2)11-18-5-7-19(8-6-18)12-16-15(4)9-14(3)10-17(16)20/h13-16H,5-12H2,1-4H3. The SMILES string of the molecule is CC(C)CN1CCN(CC2C(=O)CC(C)CC2C)CC1. The van der Waals surface area contributed by atoms with Crippen molar-refractivity contribution in [3.8, 4) is 0 Å². The van der Waals surface area contributed by atoms with Crippen molar-refractivity contribution in [1.29, 1.82) is 0 Å². The van der Waals surface area contributed by atoms with Crippen LogP contribution < -0.4 is 0 Å². The molecule has 1 saturated carbocycles. The largest absolute Gasteiger partial charge is 0.301 e. The van der Waals surface area contributed by atoms with Crippen LogP contribution in [0.15, 0.2) is 0 Å². The molecule has 1 saturated heterocycles. The van der Waals surface area contributed by atoms with E-state index in [4.69, 9.17) is 0 Å². The lowest BCUT2D eigenvalue weighted by atomic mass is 9.74. The molecule has 1 aliphatic heterocycles. The summed E-state index contributed by atoms with van der Waals surface area (Å²) in [6.45, 7) is 15.9. The Hall–Kier alpha value is -0.410. The summed E-state index contributed by atoms with van der Waals surface area (Å²) in [5.74, 6) is 2.73. The van der Waals surface area contributed by atoms with E-state index in [1.54, 1.807) is 0 Å². The number of piperazine rings is 1. The monoisotopic (exact) mass is 280 g/mol. The molecule has 3 heteroatoms. The Morgan fingerprint density at radius 3 is 2.25 bits per heavy atom. The quantitative estimate of drug-likeness (QED) is 0.790. The van der Waals surface area contributed by atoms with Crippen LogP contribution in [-0.4, -0.2) is 54.9 Å². The summed E-state index contributed by atoms with van der Waals surface area (Å²) in [7, 11) is 0. The molecule has 2 aliphatic rings. The highest BCUT2D eigenvalue weighted by Crippen LogP contribution is 2.31. The lowest BCUT2D eigenvalue weighted by molar-refractivity contribution is -0.128. The van der Waals surface area contributed by atoms with E-state index in [0.717, 1.165) is 32.0 Å². The molecule has 0 radical (unpaired) electrons. The van der Waals surface area contributed by atoms with Gasteiger partial charge in [-0.1, -0.05) is 27.7 Å². The van der Waals surface area contributed by atoms with Crippen LogP contribution >= 0.6 is 0 Å². The van der Waals surface area contributed by atoms with Crippen molar-refractivity contribution in [3.63, 3.8) is 0 Å². The highest BCUT2D eigenvalue weighted by Gasteiger charge is 2.34. The molecule has 1 aliphatic carbocycles. The summed E-state index contributed by atoms with van der Waals surface area (Å²) >= 11 is 0. The van der Waals surface area contributed by atoms with Gasteiger partial charge in [0.1, 0.15) is 5.78 Å². The molecule has 0 bridgehead atoms. The molecular weight excluding hydrogens is 248 g/mol. The van der Waals surface area contributed by atoms with Gasteiger partial charge in [-0.2, -0.15) is 0 Å². The highest BCUT2D eigenvalue weighted by molar-refractivity contribution is 5.82. The number of rotatable bonds is 4. The van der Waals surface area contributed by atoms with E-state index in [1.807, 2.05) is 0 Å². The van der Waals surface area contributed by atoms with Crippen LogP contribution in [0.3, 0.4) is 0 Å². The smallest absolute Gasteiger partial charge is 0.137 e. The summed E-state index contributed by atoms with van der Waals surface area (Å²) in [4.78, 5) is 17.3. The van der Waals surface area contributed by atoms with Crippen LogP contribution in [0.2, 0.25) is 0 Å². The fourth-order valence-corrected chi connectivity index (χ4v) is 3.93. The minimum absolute atomic E-state index is 0.294. The number of nitrogens with zero attached hydrogens (tertiary/aromatic N) is 2. The molecule has 0 aromatic rings. The van der Waals surface area contributed by atoms with Gasteiger partial charge in [-0.05, 0) is 24.2 Å². The van der Waals surface area contributed by atoms with Crippen molar-refractivity contribution >= 4 is 5.78 Å². The van der Waals surface area contributed by atoms with E-state index >= 15 is 0 Å².